The Kier molecular flexibility index (Phi) is 5.03. The molecule has 0 amide bonds. The molecule has 0 aliphatic heterocycles. The maximum atomic E-state index is 11.6. The van der Waals surface area contributed by atoms with Crippen LogP contribution in [0.25, 0.3) is 0 Å². The highest BCUT2D eigenvalue weighted by Gasteiger charge is 2.29. The second-order valence-electron chi connectivity index (χ2n) is 3.30. The lowest BCUT2D eigenvalue weighted by atomic mass is 10.1. The van der Waals surface area contributed by atoms with Crippen molar-refractivity contribution in [1.29, 1.82) is 0 Å². The van der Waals surface area contributed by atoms with Crippen molar-refractivity contribution in [3.8, 4) is 0 Å². The summed E-state index contributed by atoms with van der Waals surface area (Å²) in [5.41, 5.74) is 0.556. The van der Waals surface area contributed by atoms with Gasteiger partial charge in [0.25, 0.3) is 0 Å². The van der Waals surface area contributed by atoms with Crippen LogP contribution in [0.3, 0.4) is 0 Å². The number of halogens is 2. The summed E-state index contributed by atoms with van der Waals surface area (Å²) < 4.78 is 22.3. The van der Waals surface area contributed by atoms with Gasteiger partial charge in [0.1, 0.15) is 9.36 Å². The number of rotatable bonds is 4. The first-order valence-corrected chi connectivity index (χ1v) is 8.01. The third-order valence-electron chi connectivity index (χ3n) is 2.21. The van der Waals surface area contributed by atoms with Crippen molar-refractivity contribution in [2.24, 2.45) is 0 Å². The van der Waals surface area contributed by atoms with E-state index in [-0.39, 0.29) is 5.75 Å². The number of hydrogen-bond acceptors (Lipinski definition) is 3. The van der Waals surface area contributed by atoms with Crippen molar-refractivity contribution in [1.82, 2.24) is 0 Å². The number of benzene rings is 1. The molecular formula is C10H12ClIO3S. The average Bonchev–Trinajstić information content (AvgIpc) is 2.28. The molecular weight excluding hydrogens is 363 g/mol. The molecule has 0 aromatic heterocycles. The van der Waals surface area contributed by atoms with Gasteiger partial charge in [-0.05, 0) is 17.7 Å². The van der Waals surface area contributed by atoms with Crippen LogP contribution in [-0.4, -0.2) is 22.5 Å². The Morgan fingerprint density at radius 1 is 1.38 bits per heavy atom. The molecule has 1 N–H and O–H groups in total. The van der Waals surface area contributed by atoms with Gasteiger partial charge in [0, 0.05) is 10.8 Å². The summed E-state index contributed by atoms with van der Waals surface area (Å²) >= 11 is 7.46. The highest BCUT2D eigenvalue weighted by atomic mass is 127. The highest BCUT2D eigenvalue weighted by Crippen LogP contribution is 2.28. The number of alkyl halides is 1. The van der Waals surface area contributed by atoms with Gasteiger partial charge >= 0.3 is 0 Å². The molecule has 0 unspecified atom stereocenters. The van der Waals surface area contributed by atoms with Crippen LogP contribution in [0.15, 0.2) is 24.3 Å². The summed E-state index contributed by atoms with van der Waals surface area (Å²) in [5, 5.41) is 10.5. The fourth-order valence-corrected chi connectivity index (χ4v) is 3.66. The number of aliphatic hydroxyl groups excluding tert-OH is 1. The molecule has 0 aliphatic rings. The monoisotopic (exact) mass is 374 g/mol. The zero-order valence-electron chi connectivity index (χ0n) is 8.60. The van der Waals surface area contributed by atoms with Crippen LogP contribution in [0.1, 0.15) is 18.6 Å². The van der Waals surface area contributed by atoms with Gasteiger partial charge < -0.3 is 5.11 Å². The molecule has 0 spiro atoms. The third kappa shape index (κ3) is 3.32. The number of hydrogen-bond donors (Lipinski definition) is 1. The molecule has 3 nitrogen and oxygen atoms in total. The van der Waals surface area contributed by atoms with E-state index in [0.717, 1.165) is 0 Å². The zero-order valence-corrected chi connectivity index (χ0v) is 12.3. The molecule has 0 saturated heterocycles. The van der Waals surface area contributed by atoms with E-state index in [1.165, 1.54) is 0 Å². The molecule has 1 aromatic carbocycles. The van der Waals surface area contributed by atoms with E-state index in [9.17, 15) is 13.5 Å². The van der Waals surface area contributed by atoms with E-state index in [4.69, 9.17) is 11.6 Å². The summed E-state index contributed by atoms with van der Waals surface area (Å²) in [6.07, 6.45) is -1.03. The molecule has 0 fully saturated rings. The Labute approximate surface area is 114 Å². The Morgan fingerprint density at radius 2 is 1.88 bits per heavy atom. The van der Waals surface area contributed by atoms with E-state index in [2.05, 4.69) is 0 Å². The standard InChI is InChI=1S/C10H12ClIO3S/c1-2-16(14,15)10(12)9(13)7-3-5-8(11)6-4-7/h3-6,9-10,13H,2H2,1H3/t9-,10+/m0/s1. The van der Waals surface area contributed by atoms with Gasteiger partial charge in [-0.1, -0.05) is 53.2 Å². The minimum absolute atomic E-state index is 0.0191. The molecule has 2 atom stereocenters. The lowest BCUT2D eigenvalue weighted by molar-refractivity contribution is 0.197. The van der Waals surface area contributed by atoms with Crippen LogP contribution in [0.5, 0.6) is 0 Å². The summed E-state index contributed by atoms with van der Waals surface area (Å²) in [6.45, 7) is 1.57. The van der Waals surface area contributed by atoms with Crippen LogP contribution in [0.2, 0.25) is 5.02 Å². The lowest BCUT2D eigenvalue weighted by Crippen LogP contribution is -2.24. The minimum Gasteiger partial charge on any atom is -0.386 e. The lowest BCUT2D eigenvalue weighted by Gasteiger charge is -2.17. The van der Waals surface area contributed by atoms with Gasteiger partial charge in [-0.3, -0.25) is 0 Å². The van der Waals surface area contributed by atoms with Crippen molar-refractivity contribution in [2.75, 3.05) is 5.75 Å². The van der Waals surface area contributed by atoms with E-state index >= 15 is 0 Å². The predicted molar refractivity (Wildman–Crippen MR) is 73.7 cm³/mol. The Bertz CT molecular complexity index is 444. The van der Waals surface area contributed by atoms with Crippen LogP contribution in [-0.2, 0) is 9.84 Å². The van der Waals surface area contributed by atoms with Crippen molar-refractivity contribution < 1.29 is 13.5 Å². The van der Waals surface area contributed by atoms with Gasteiger partial charge in [-0.25, -0.2) is 8.42 Å². The van der Waals surface area contributed by atoms with E-state index in [1.54, 1.807) is 53.8 Å². The van der Waals surface area contributed by atoms with Gasteiger partial charge in [0.05, 0.1) is 0 Å². The van der Waals surface area contributed by atoms with Crippen LogP contribution in [0, 0.1) is 0 Å². The van der Waals surface area contributed by atoms with E-state index < -0.39 is 19.2 Å². The average molecular weight is 375 g/mol. The minimum atomic E-state index is -3.25. The van der Waals surface area contributed by atoms with Crippen LogP contribution >= 0.6 is 34.2 Å². The zero-order chi connectivity index (χ0) is 12.3. The van der Waals surface area contributed by atoms with Gasteiger partial charge in [-0.15, -0.1) is 0 Å². The van der Waals surface area contributed by atoms with Crippen molar-refractivity contribution in [3.05, 3.63) is 34.9 Å². The molecule has 0 radical (unpaired) electrons. The molecule has 0 heterocycles. The summed E-state index contributed by atoms with van der Waals surface area (Å²) in [4.78, 5) is 0. The van der Waals surface area contributed by atoms with Crippen LogP contribution in [0.4, 0.5) is 0 Å². The maximum Gasteiger partial charge on any atom is 0.164 e. The van der Waals surface area contributed by atoms with Gasteiger partial charge in [0.2, 0.25) is 0 Å². The first kappa shape index (κ1) is 14.2. The largest absolute Gasteiger partial charge is 0.386 e. The summed E-state index contributed by atoms with van der Waals surface area (Å²) in [7, 11) is -3.25. The van der Waals surface area contributed by atoms with E-state index in [1.807, 2.05) is 0 Å². The fourth-order valence-electron chi connectivity index (χ4n) is 1.17. The summed E-state index contributed by atoms with van der Waals surface area (Å²) in [5.74, 6) is 0.0191. The van der Waals surface area contributed by atoms with Gasteiger partial charge in [0.15, 0.2) is 9.84 Å². The molecule has 90 valence electrons. The molecule has 0 bridgehead atoms. The molecule has 0 saturated carbocycles. The normalized spacial score (nSPS) is 15.8. The second-order valence-corrected chi connectivity index (χ2v) is 8.33. The highest BCUT2D eigenvalue weighted by molar-refractivity contribution is 14.1. The fraction of sp³-hybridized carbons (Fsp3) is 0.400. The Balaban J connectivity index is 2.94. The molecule has 1 aromatic rings. The predicted octanol–water partition coefficient (Wildman–Crippen LogP) is 2.57. The molecule has 6 heteroatoms. The van der Waals surface area contributed by atoms with Crippen LogP contribution < -0.4 is 0 Å². The van der Waals surface area contributed by atoms with Crippen molar-refractivity contribution in [2.45, 2.75) is 16.3 Å². The van der Waals surface area contributed by atoms with Crippen molar-refractivity contribution >= 4 is 44.0 Å². The van der Waals surface area contributed by atoms with Crippen molar-refractivity contribution in [3.63, 3.8) is 0 Å². The Morgan fingerprint density at radius 3 is 2.31 bits per heavy atom. The second kappa shape index (κ2) is 5.66. The smallest absolute Gasteiger partial charge is 0.164 e. The number of sulfone groups is 1. The van der Waals surface area contributed by atoms with E-state index in [0.29, 0.717) is 10.6 Å². The SMILES string of the molecule is CCS(=O)(=O)[C@@H](I)[C@@H](O)c1ccc(Cl)cc1. The first-order chi connectivity index (χ1) is 7.38. The quantitative estimate of drug-likeness (QED) is 0.651. The third-order valence-corrected chi connectivity index (χ3v) is 7.21. The maximum absolute atomic E-state index is 11.6. The molecule has 16 heavy (non-hydrogen) atoms. The Hall–Kier alpha value is 0.150. The first-order valence-electron chi connectivity index (χ1n) is 4.67. The number of aliphatic hydroxyl groups is 1. The molecule has 1 rings (SSSR count). The molecule has 0 aliphatic carbocycles. The summed E-state index contributed by atoms with van der Waals surface area (Å²) in [6, 6.07) is 6.51. The van der Waals surface area contributed by atoms with Gasteiger partial charge in [-0.2, -0.15) is 0 Å². The topological polar surface area (TPSA) is 54.4 Å².